The summed E-state index contributed by atoms with van der Waals surface area (Å²) in [6.45, 7) is 2.51. The minimum Gasteiger partial charge on any atom is -0.454 e. The molecule has 2 aliphatic rings. The van der Waals surface area contributed by atoms with Crippen molar-refractivity contribution in [1.29, 1.82) is 0 Å². The van der Waals surface area contributed by atoms with E-state index in [1.807, 2.05) is 18.2 Å². The fourth-order valence-corrected chi connectivity index (χ4v) is 4.13. The lowest BCUT2D eigenvalue weighted by atomic mass is 9.92. The van der Waals surface area contributed by atoms with Gasteiger partial charge in [0.2, 0.25) is 6.79 Å². The van der Waals surface area contributed by atoms with Crippen molar-refractivity contribution < 1.29 is 9.47 Å². The first-order chi connectivity index (χ1) is 13.3. The molecule has 0 radical (unpaired) electrons. The molecular formula is C21H24N4O2. The van der Waals surface area contributed by atoms with Gasteiger partial charge in [-0.2, -0.15) is 0 Å². The van der Waals surface area contributed by atoms with Crippen molar-refractivity contribution in [2.75, 3.05) is 25.2 Å². The van der Waals surface area contributed by atoms with Crippen LogP contribution in [0.25, 0.3) is 11.0 Å². The lowest BCUT2D eigenvalue weighted by Crippen LogP contribution is -2.13. The second kappa shape index (κ2) is 6.78. The standard InChI is InChI=1S/C21H24N4O2/c1-25-12-17(14-3-2-9-22-10-8-14)16-5-7-20(24-21(16)25)23-15-4-6-18-19(11-15)27-13-26-18/h4-7,11-12,14,22H,2-3,8-10,13H2,1H3,(H,23,24). The summed E-state index contributed by atoms with van der Waals surface area (Å²) >= 11 is 0. The lowest BCUT2D eigenvalue weighted by molar-refractivity contribution is 0.174. The molecule has 27 heavy (non-hydrogen) atoms. The van der Waals surface area contributed by atoms with E-state index in [1.165, 1.54) is 30.2 Å². The molecule has 0 spiro atoms. The van der Waals surface area contributed by atoms with Gasteiger partial charge in [0.1, 0.15) is 11.5 Å². The van der Waals surface area contributed by atoms with Gasteiger partial charge in [-0.15, -0.1) is 0 Å². The van der Waals surface area contributed by atoms with Gasteiger partial charge in [-0.1, -0.05) is 0 Å². The summed E-state index contributed by atoms with van der Waals surface area (Å²) in [5, 5.41) is 8.15. The predicted octanol–water partition coefficient (Wildman–Crippen LogP) is 3.90. The summed E-state index contributed by atoms with van der Waals surface area (Å²) in [6.07, 6.45) is 5.93. The first-order valence-corrected chi connectivity index (χ1v) is 9.61. The van der Waals surface area contributed by atoms with Crippen LogP contribution in [0.5, 0.6) is 11.5 Å². The first-order valence-electron chi connectivity index (χ1n) is 9.61. The molecule has 2 aliphatic heterocycles. The summed E-state index contributed by atoms with van der Waals surface area (Å²) in [5.74, 6) is 2.99. The quantitative estimate of drug-likeness (QED) is 0.738. The number of anilines is 2. The fourth-order valence-electron chi connectivity index (χ4n) is 4.13. The Morgan fingerprint density at radius 3 is 3.00 bits per heavy atom. The van der Waals surface area contributed by atoms with Crippen LogP contribution in [0.15, 0.2) is 36.5 Å². The van der Waals surface area contributed by atoms with E-state index in [2.05, 4.69) is 40.6 Å². The number of ether oxygens (including phenoxy) is 2. The molecule has 0 saturated carbocycles. The van der Waals surface area contributed by atoms with Crippen molar-refractivity contribution in [3.8, 4) is 11.5 Å². The molecule has 5 rings (SSSR count). The van der Waals surface area contributed by atoms with Crippen LogP contribution in [-0.4, -0.2) is 29.4 Å². The molecule has 2 aromatic heterocycles. The average Bonchev–Trinajstić information content (AvgIpc) is 3.16. The number of hydrogen-bond donors (Lipinski definition) is 2. The molecule has 1 fully saturated rings. The number of aryl methyl sites for hydroxylation is 1. The summed E-state index contributed by atoms with van der Waals surface area (Å²) in [4.78, 5) is 4.87. The first kappa shape index (κ1) is 16.4. The van der Waals surface area contributed by atoms with Crippen LogP contribution in [-0.2, 0) is 7.05 Å². The van der Waals surface area contributed by atoms with Crippen LogP contribution >= 0.6 is 0 Å². The van der Waals surface area contributed by atoms with E-state index in [-0.39, 0.29) is 6.79 Å². The highest BCUT2D eigenvalue weighted by Crippen LogP contribution is 2.36. The molecule has 0 amide bonds. The maximum Gasteiger partial charge on any atom is 0.231 e. The molecule has 6 nitrogen and oxygen atoms in total. The topological polar surface area (TPSA) is 60.3 Å². The Morgan fingerprint density at radius 2 is 2.04 bits per heavy atom. The highest BCUT2D eigenvalue weighted by atomic mass is 16.7. The van der Waals surface area contributed by atoms with Crippen molar-refractivity contribution in [2.24, 2.45) is 7.05 Å². The van der Waals surface area contributed by atoms with E-state index in [1.54, 1.807) is 0 Å². The lowest BCUT2D eigenvalue weighted by Gasteiger charge is -2.12. The van der Waals surface area contributed by atoms with Gasteiger partial charge < -0.3 is 24.7 Å². The third-order valence-electron chi connectivity index (χ3n) is 5.51. The van der Waals surface area contributed by atoms with Crippen LogP contribution < -0.4 is 20.1 Å². The minimum atomic E-state index is 0.284. The summed E-state index contributed by atoms with van der Waals surface area (Å²) in [7, 11) is 2.08. The summed E-state index contributed by atoms with van der Waals surface area (Å²) in [5.41, 5.74) is 3.39. The third kappa shape index (κ3) is 3.10. The molecule has 1 unspecified atom stereocenters. The Kier molecular flexibility index (Phi) is 4.13. The maximum atomic E-state index is 5.46. The van der Waals surface area contributed by atoms with E-state index < -0.39 is 0 Å². The van der Waals surface area contributed by atoms with Crippen LogP contribution in [0, 0.1) is 0 Å². The second-order valence-corrected chi connectivity index (χ2v) is 7.33. The highest BCUT2D eigenvalue weighted by molar-refractivity contribution is 5.83. The van der Waals surface area contributed by atoms with E-state index in [9.17, 15) is 0 Å². The van der Waals surface area contributed by atoms with Gasteiger partial charge in [0, 0.05) is 30.4 Å². The zero-order valence-corrected chi connectivity index (χ0v) is 15.5. The highest BCUT2D eigenvalue weighted by Gasteiger charge is 2.20. The van der Waals surface area contributed by atoms with Crippen LogP contribution in [0.2, 0.25) is 0 Å². The van der Waals surface area contributed by atoms with E-state index in [0.717, 1.165) is 41.7 Å². The molecule has 0 aliphatic carbocycles. The molecular weight excluding hydrogens is 340 g/mol. The maximum absolute atomic E-state index is 5.46. The average molecular weight is 364 g/mol. The second-order valence-electron chi connectivity index (χ2n) is 7.33. The number of benzene rings is 1. The van der Waals surface area contributed by atoms with E-state index >= 15 is 0 Å². The van der Waals surface area contributed by atoms with Gasteiger partial charge in [-0.05, 0) is 68.1 Å². The van der Waals surface area contributed by atoms with Gasteiger partial charge >= 0.3 is 0 Å². The number of nitrogens with one attached hydrogen (secondary N) is 2. The summed E-state index contributed by atoms with van der Waals surface area (Å²) in [6, 6.07) is 10.1. The van der Waals surface area contributed by atoms with Crippen molar-refractivity contribution in [3.05, 3.63) is 42.1 Å². The fraction of sp³-hybridized carbons (Fsp3) is 0.381. The molecule has 1 saturated heterocycles. The normalized spacial score (nSPS) is 19.2. The molecule has 3 aromatic rings. The molecule has 0 bridgehead atoms. The third-order valence-corrected chi connectivity index (χ3v) is 5.51. The van der Waals surface area contributed by atoms with Gasteiger partial charge in [-0.25, -0.2) is 4.98 Å². The Bertz CT molecular complexity index is 974. The number of fused-ring (bicyclic) bond motifs is 2. The Labute approximate surface area is 158 Å². The zero-order chi connectivity index (χ0) is 18.2. The van der Waals surface area contributed by atoms with Crippen molar-refractivity contribution in [3.63, 3.8) is 0 Å². The SMILES string of the molecule is Cn1cc(C2CCCNCC2)c2ccc(Nc3ccc4c(c3)OCO4)nc21. The molecule has 140 valence electrons. The molecule has 6 heteroatoms. The van der Waals surface area contributed by atoms with Crippen LogP contribution in [0.1, 0.15) is 30.7 Å². The number of nitrogens with zero attached hydrogens (tertiary/aromatic N) is 2. The predicted molar refractivity (Wildman–Crippen MR) is 106 cm³/mol. The van der Waals surface area contributed by atoms with Crippen molar-refractivity contribution >= 4 is 22.5 Å². The number of aromatic nitrogens is 2. The molecule has 1 atom stereocenters. The molecule has 2 N–H and O–H groups in total. The van der Waals surface area contributed by atoms with Crippen LogP contribution in [0.4, 0.5) is 11.5 Å². The summed E-state index contributed by atoms with van der Waals surface area (Å²) < 4.78 is 13.0. The van der Waals surface area contributed by atoms with E-state index in [4.69, 9.17) is 14.5 Å². The van der Waals surface area contributed by atoms with Gasteiger partial charge in [0.25, 0.3) is 0 Å². The zero-order valence-electron chi connectivity index (χ0n) is 15.5. The Balaban J connectivity index is 1.44. The number of rotatable bonds is 3. The van der Waals surface area contributed by atoms with Crippen molar-refractivity contribution in [1.82, 2.24) is 14.9 Å². The smallest absolute Gasteiger partial charge is 0.231 e. The monoisotopic (exact) mass is 364 g/mol. The van der Waals surface area contributed by atoms with Gasteiger partial charge in [0.05, 0.1) is 0 Å². The largest absolute Gasteiger partial charge is 0.454 e. The number of hydrogen-bond acceptors (Lipinski definition) is 5. The molecule has 1 aromatic carbocycles. The molecule has 4 heterocycles. The Hall–Kier alpha value is -2.73. The van der Waals surface area contributed by atoms with E-state index in [0.29, 0.717) is 5.92 Å². The minimum absolute atomic E-state index is 0.284. The van der Waals surface area contributed by atoms with Gasteiger partial charge in [0.15, 0.2) is 11.5 Å². The number of pyridine rings is 1. The van der Waals surface area contributed by atoms with Crippen molar-refractivity contribution in [2.45, 2.75) is 25.2 Å². The Morgan fingerprint density at radius 1 is 1.11 bits per heavy atom. The van der Waals surface area contributed by atoms with Gasteiger partial charge in [-0.3, -0.25) is 0 Å². The van der Waals surface area contributed by atoms with Crippen LogP contribution in [0.3, 0.4) is 0 Å².